The zero-order valence-corrected chi connectivity index (χ0v) is 18.1. The lowest BCUT2D eigenvalue weighted by Crippen LogP contribution is -2.47. The number of fused-ring (bicyclic) bond motifs is 3. The fourth-order valence-electron chi connectivity index (χ4n) is 5.78. The van der Waals surface area contributed by atoms with Crippen molar-refractivity contribution in [3.05, 3.63) is 34.4 Å². The summed E-state index contributed by atoms with van der Waals surface area (Å²) in [5, 5.41) is 10.7. The van der Waals surface area contributed by atoms with Crippen molar-refractivity contribution in [1.82, 2.24) is 0 Å². The van der Waals surface area contributed by atoms with E-state index in [1.807, 2.05) is 0 Å². The van der Waals surface area contributed by atoms with E-state index in [1.165, 1.54) is 31.4 Å². The summed E-state index contributed by atoms with van der Waals surface area (Å²) in [5.41, 5.74) is -0.107. The highest BCUT2D eigenvalue weighted by molar-refractivity contribution is 5.73. The van der Waals surface area contributed by atoms with Crippen molar-refractivity contribution in [3.8, 4) is 5.75 Å². The Balaban J connectivity index is 1.20. The maximum Gasteiger partial charge on any atom is 0.514 e. The summed E-state index contributed by atoms with van der Waals surface area (Å²) < 4.78 is 22.0. The third-order valence-corrected chi connectivity index (χ3v) is 7.13. The summed E-state index contributed by atoms with van der Waals surface area (Å²) >= 11 is 0. The van der Waals surface area contributed by atoms with Crippen LogP contribution in [-0.2, 0) is 28.8 Å². The Morgan fingerprint density at radius 3 is 2.64 bits per heavy atom. The lowest BCUT2D eigenvalue weighted by Gasteiger charge is -2.37. The summed E-state index contributed by atoms with van der Waals surface area (Å²) in [4.78, 5) is 46.2. The maximum atomic E-state index is 12.3. The van der Waals surface area contributed by atoms with Crippen LogP contribution in [0.1, 0.15) is 44.9 Å². The van der Waals surface area contributed by atoms with Gasteiger partial charge in [-0.25, -0.2) is 4.79 Å². The molecule has 178 valence electrons. The van der Waals surface area contributed by atoms with E-state index < -0.39 is 28.8 Å². The molecular formula is C22H25NO10. The standard InChI is InChI=1S/C22H25NO10/c1-28-19(24)17-9-13-10-18(17)22(11-13)31-21(32-33-22)8-2-3-16(12-21)30-20(25)29-15-6-4-14(5-7-15)23(26)27/h4-7,13,16-18H,2-3,8-12H2,1H3. The van der Waals surface area contributed by atoms with Crippen molar-refractivity contribution in [2.75, 3.05) is 7.11 Å². The van der Waals surface area contributed by atoms with E-state index >= 15 is 0 Å². The molecule has 1 aromatic rings. The molecule has 4 fully saturated rings. The number of benzene rings is 1. The molecule has 0 amide bonds. The van der Waals surface area contributed by atoms with Crippen LogP contribution in [0, 0.1) is 27.9 Å². The summed E-state index contributed by atoms with van der Waals surface area (Å²) in [5.74, 6) is -2.26. The molecule has 33 heavy (non-hydrogen) atoms. The third-order valence-electron chi connectivity index (χ3n) is 7.13. The molecule has 0 N–H and O–H groups in total. The van der Waals surface area contributed by atoms with Crippen LogP contribution in [0.2, 0.25) is 0 Å². The number of ether oxygens (including phenoxy) is 4. The molecule has 3 aliphatic carbocycles. The van der Waals surface area contributed by atoms with E-state index in [2.05, 4.69) is 0 Å². The topological polar surface area (TPSA) is 133 Å². The van der Waals surface area contributed by atoms with Crippen LogP contribution in [0.15, 0.2) is 24.3 Å². The van der Waals surface area contributed by atoms with Gasteiger partial charge < -0.3 is 18.9 Å². The molecular weight excluding hydrogens is 438 g/mol. The molecule has 6 atom stereocenters. The van der Waals surface area contributed by atoms with Gasteiger partial charge in [0.05, 0.1) is 18.0 Å². The largest absolute Gasteiger partial charge is 0.514 e. The van der Waals surface area contributed by atoms with E-state index in [-0.39, 0.29) is 35.7 Å². The molecule has 1 aliphatic heterocycles. The molecule has 11 nitrogen and oxygen atoms in total. The van der Waals surface area contributed by atoms with E-state index in [0.29, 0.717) is 31.6 Å². The van der Waals surface area contributed by atoms with Gasteiger partial charge in [-0.15, -0.1) is 0 Å². The van der Waals surface area contributed by atoms with Crippen molar-refractivity contribution in [1.29, 1.82) is 0 Å². The zero-order valence-electron chi connectivity index (χ0n) is 18.1. The van der Waals surface area contributed by atoms with Crippen LogP contribution >= 0.6 is 0 Å². The van der Waals surface area contributed by atoms with Gasteiger partial charge >= 0.3 is 12.1 Å². The smallest absolute Gasteiger partial charge is 0.469 e. The minimum Gasteiger partial charge on any atom is -0.469 e. The second-order valence-corrected chi connectivity index (χ2v) is 9.21. The first kappa shape index (κ1) is 22.1. The van der Waals surface area contributed by atoms with Crippen molar-refractivity contribution in [2.45, 2.75) is 62.6 Å². The Hall–Kier alpha value is -2.76. The number of carbonyl (C=O) groups is 2. The van der Waals surface area contributed by atoms with Crippen molar-refractivity contribution >= 4 is 17.8 Å². The summed E-state index contributed by atoms with van der Waals surface area (Å²) in [6.45, 7) is 0. The van der Waals surface area contributed by atoms with Gasteiger partial charge in [-0.2, -0.15) is 9.78 Å². The van der Waals surface area contributed by atoms with E-state index in [0.717, 1.165) is 12.8 Å². The predicted molar refractivity (Wildman–Crippen MR) is 108 cm³/mol. The lowest BCUT2D eigenvalue weighted by atomic mass is 9.83. The van der Waals surface area contributed by atoms with E-state index in [1.54, 1.807) is 0 Å². The van der Waals surface area contributed by atoms with E-state index in [9.17, 15) is 19.7 Å². The molecule has 0 aromatic heterocycles. The molecule has 0 radical (unpaired) electrons. The Kier molecular flexibility index (Phi) is 5.50. The number of hydrogen-bond donors (Lipinski definition) is 0. The maximum absolute atomic E-state index is 12.3. The van der Waals surface area contributed by atoms with Crippen molar-refractivity contribution in [2.24, 2.45) is 17.8 Å². The molecule has 3 saturated carbocycles. The number of nitro groups is 1. The van der Waals surface area contributed by atoms with Crippen LogP contribution in [0.4, 0.5) is 10.5 Å². The number of esters is 1. The van der Waals surface area contributed by atoms with Gasteiger partial charge in [-0.3, -0.25) is 14.9 Å². The fraction of sp³-hybridized carbons (Fsp3) is 0.636. The van der Waals surface area contributed by atoms with Gasteiger partial charge in [-0.1, -0.05) is 0 Å². The highest BCUT2D eigenvalue weighted by atomic mass is 17.3. The Morgan fingerprint density at radius 2 is 1.94 bits per heavy atom. The molecule has 2 bridgehead atoms. The Morgan fingerprint density at radius 1 is 1.15 bits per heavy atom. The molecule has 1 aromatic carbocycles. The molecule has 11 heteroatoms. The highest BCUT2D eigenvalue weighted by Crippen LogP contribution is 2.61. The summed E-state index contributed by atoms with van der Waals surface area (Å²) in [6.07, 6.45) is 2.94. The average molecular weight is 463 g/mol. The Bertz CT molecular complexity index is 951. The van der Waals surface area contributed by atoms with Crippen LogP contribution in [0.25, 0.3) is 0 Å². The van der Waals surface area contributed by atoms with Crippen LogP contribution < -0.4 is 4.74 Å². The van der Waals surface area contributed by atoms with Gasteiger partial charge in [0.25, 0.3) is 5.69 Å². The number of non-ortho nitro benzene ring substituents is 1. The molecule has 1 saturated heterocycles. The quantitative estimate of drug-likeness (QED) is 0.214. The number of rotatable bonds is 4. The first-order valence-corrected chi connectivity index (χ1v) is 11.1. The second kappa shape index (κ2) is 8.23. The molecule has 6 unspecified atom stereocenters. The SMILES string of the molecule is COC(=O)C1CC2CC1C1(C2)OOC2(CCCC(OC(=O)Oc3ccc([N+](=O)[O-])cc3)C2)O1. The minimum absolute atomic E-state index is 0.107. The van der Waals surface area contributed by atoms with E-state index in [4.69, 9.17) is 28.7 Å². The normalized spacial score (nSPS) is 36.8. The lowest BCUT2D eigenvalue weighted by molar-refractivity contribution is -0.384. The minimum atomic E-state index is -1.05. The monoisotopic (exact) mass is 463 g/mol. The fourth-order valence-corrected chi connectivity index (χ4v) is 5.78. The number of carbonyl (C=O) groups excluding carboxylic acids is 2. The molecule has 5 rings (SSSR count). The van der Waals surface area contributed by atoms with Crippen LogP contribution in [-0.4, -0.2) is 41.8 Å². The zero-order chi connectivity index (χ0) is 23.2. The van der Waals surface area contributed by atoms with Crippen molar-refractivity contribution in [3.63, 3.8) is 0 Å². The van der Waals surface area contributed by atoms with Gasteiger partial charge in [0.2, 0.25) is 11.6 Å². The Labute approximate surface area is 189 Å². The number of hydrogen-bond acceptors (Lipinski definition) is 10. The van der Waals surface area contributed by atoms with Crippen molar-refractivity contribution < 1.29 is 43.2 Å². The average Bonchev–Trinajstić information content (AvgIpc) is 3.46. The first-order chi connectivity index (χ1) is 15.8. The van der Waals surface area contributed by atoms with Gasteiger partial charge in [0.15, 0.2) is 0 Å². The van der Waals surface area contributed by atoms with Crippen LogP contribution in [0.5, 0.6) is 5.75 Å². The number of nitrogens with zero attached hydrogens (tertiary/aromatic N) is 1. The molecule has 1 heterocycles. The van der Waals surface area contributed by atoms with Gasteiger partial charge in [0, 0.05) is 37.3 Å². The predicted octanol–water partition coefficient (Wildman–Crippen LogP) is 3.64. The molecule has 2 spiro atoms. The van der Waals surface area contributed by atoms with Gasteiger partial charge in [-0.05, 0) is 43.7 Å². The summed E-state index contributed by atoms with van der Waals surface area (Å²) in [6, 6.07) is 5.14. The first-order valence-electron chi connectivity index (χ1n) is 11.1. The third kappa shape index (κ3) is 4.04. The molecule has 4 aliphatic rings. The highest BCUT2D eigenvalue weighted by Gasteiger charge is 2.67. The number of methoxy groups -OCH3 is 1. The van der Waals surface area contributed by atoms with Crippen LogP contribution in [0.3, 0.4) is 0 Å². The van der Waals surface area contributed by atoms with Gasteiger partial charge in [0.1, 0.15) is 11.9 Å². The summed E-state index contributed by atoms with van der Waals surface area (Å²) in [7, 11) is 1.38. The second-order valence-electron chi connectivity index (χ2n) is 9.21. The number of nitro benzene ring substituents is 1.